The van der Waals surface area contributed by atoms with Crippen LogP contribution in [0.5, 0.6) is 11.5 Å². The predicted molar refractivity (Wildman–Crippen MR) is 73.9 cm³/mol. The Bertz CT molecular complexity index is 712. The van der Waals surface area contributed by atoms with Gasteiger partial charge in [-0.15, -0.1) is 0 Å². The Morgan fingerprint density at radius 2 is 1.80 bits per heavy atom. The summed E-state index contributed by atoms with van der Waals surface area (Å²) in [5, 5.41) is 0. The second-order valence-electron chi connectivity index (χ2n) is 4.31. The largest absolute Gasteiger partial charge is 0.454 e. The number of benzene rings is 2. The normalized spacial score (nSPS) is 11.3. The average molecular weight is 295 g/mol. The number of sulfone groups is 1. The first-order valence-electron chi connectivity index (χ1n) is 5.86. The van der Waals surface area contributed by atoms with Gasteiger partial charge >= 0.3 is 0 Å². The highest BCUT2D eigenvalue weighted by Crippen LogP contribution is 2.26. The van der Waals surface area contributed by atoms with Gasteiger partial charge in [-0.1, -0.05) is 6.07 Å². The summed E-state index contributed by atoms with van der Waals surface area (Å²) in [4.78, 5) is 0.184. The minimum Gasteiger partial charge on any atom is -0.454 e. The molecule has 6 heteroatoms. The zero-order chi connectivity index (χ0) is 14.8. The molecule has 0 atom stereocenters. The van der Waals surface area contributed by atoms with Crippen LogP contribution in [0.4, 0.5) is 4.39 Å². The van der Waals surface area contributed by atoms with Crippen LogP contribution in [-0.2, 0) is 16.4 Å². The van der Waals surface area contributed by atoms with Gasteiger partial charge in [-0.2, -0.15) is 0 Å². The van der Waals surface area contributed by atoms with Crippen molar-refractivity contribution in [1.82, 2.24) is 0 Å². The van der Waals surface area contributed by atoms with E-state index in [0.717, 1.165) is 6.26 Å². The van der Waals surface area contributed by atoms with Gasteiger partial charge in [-0.05, 0) is 42.0 Å². The molecule has 0 aliphatic heterocycles. The monoisotopic (exact) mass is 295 g/mol. The van der Waals surface area contributed by atoms with E-state index in [1.165, 1.54) is 36.4 Å². The van der Waals surface area contributed by atoms with Crippen LogP contribution in [0.3, 0.4) is 0 Å². The molecule has 0 fully saturated rings. The summed E-state index contributed by atoms with van der Waals surface area (Å²) in [5.74, 6) is -0.0914. The maximum atomic E-state index is 13.7. The molecule has 0 aliphatic carbocycles. The van der Waals surface area contributed by atoms with Gasteiger partial charge in [-0.25, -0.2) is 12.8 Å². The lowest BCUT2D eigenvalue weighted by Gasteiger charge is -2.08. The number of hydrogen-bond donors (Lipinski definition) is 1. The van der Waals surface area contributed by atoms with Crippen LogP contribution >= 0.6 is 0 Å². The fraction of sp³-hybridized carbons (Fsp3) is 0.143. The van der Waals surface area contributed by atoms with Crippen molar-refractivity contribution < 1.29 is 17.5 Å². The van der Waals surface area contributed by atoms with Gasteiger partial charge in [0.2, 0.25) is 0 Å². The van der Waals surface area contributed by atoms with Crippen LogP contribution < -0.4 is 10.5 Å². The van der Waals surface area contributed by atoms with Gasteiger partial charge in [0.25, 0.3) is 0 Å². The molecule has 0 aliphatic rings. The van der Waals surface area contributed by atoms with Gasteiger partial charge in [0, 0.05) is 12.8 Å². The fourth-order valence-corrected chi connectivity index (χ4v) is 2.27. The fourth-order valence-electron chi connectivity index (χ4n) is 1.64. The summed E-state index contributed by atoms with van der Waals surface area (Å²) >= 11 is 0. The van der Waals surface area contributed by atoms with E-state index in [2.05, 4.69) is 0 Å². The molecule has 0 aromatic heterocycles. The minimum absolute atomic E-state index is 0.0642. The third kappa shape index (κ3) is 3.34. The lowest BCUT2D eigenvalue weighted by molar-refractivity contribution is 0.441. The highest BCUT2D eigenvalue weighted by molar-refractivity contribution is 7.90. The zero-order valence-electron chi connectivity index (χ0n) is 10.8. The first-order chi connectivity index (χ1) is 9.40. The lowest BCUT2D eigenvalue weighted by Crippen LogP contribution is -1.98. The first-order valence-corrected chi connectivity index (χ1v) is 7.76. The van der Waals surface area contributed by atoms with Crippen LogP contribution in [-0.4, -0.2) is 14.7 Å². The van der Waals surface area contributed by atoms with Crippen LogP contribution in [0.1, 0.15) is 5.56 Å². The second-order valence-corrected chi connectivity index (χ2v) is 6.33. The molecular weight excluding hydrogens is 281 g/mol. The quantitative estimate of drug-likeness (QED) is 0.940. The van der Waals surface area contributed by atoms with Gasteiger partial charge in [0.05, 0.1) is 4.90 Å². The Morgan fingerprint density at radius 1 is 1.15 bits per heavy atom. The predicted octanol–water partition coefficient (Wildman–Crippen LogP) is 2.48. The first kappa shape index (κ1) is 14.5. The summed E-state index contributed by atoms with van der Waals surface area (Å²) in [6.45, 7) is 0.250. The molecule has 0 spiro atoms. The molecule has 0 bridgehead atoms. The lowest BCUT2D eigenvalue weighted by atomic mass is 10.2. The highest BCUT2D eigenvalue weighted by Gasteiger charge is 2.09. The van der Waals surface area contributed by atoms with Gasteiger partial charge in [0.1, 0.15) is 5.75 Å². The summed E-state index contributed by atoms with van der Waals surface area (Å²) < 4.78 is 41.7. The molecule has 0 heterocycles. The number of rotatable bonds is 4. The average Bonchev–Trinajstić information content (AvgIpc) is 2.40. The Morgan fingerprint density at radius 3 is 2.30 bits per heavy atom. The number of halogens is 1. The molecular formula is C14H14FNO3S. The Balaban J connectivity index is 2.22. The van der Waals surface area contributed by atoms with Crippen molar-refractivity contribution in [1.29, 1.82) is 0 Å². The topological polar surface area (TPSA) is 69.4 Å². The molecule has 0 saturated carbocycles. The molecule has 0 amide bonds. The molecule has 20 heavy (non-hydrogen) atoms. The number of ether oxygens (including phenoxy) is 1. The van der Waals surface area contributed by atoms with Gasteiger partial charge in [0.15, 0.2) is 21.4 Å². The van der Waals surface area contributed by atoms with E-state index in [4.69, 9.17) is 10.5 Å². The van der Waals surface area contributed by atoms with Crippen molar-refractivity contribution in [3.05, 3.63) is 53.8 Å². The molecule has 0 radical (unpaired) electrons. The third-order valence-corrected chi connectivity index (χ3v) is 3.84. The smallest absolute Gasteiger partial charge is 0.175 e. The van der Waals surface area contributed by atoms with E-state index in [-0.39, 0.29) is 17.2 Å². The van der Waals surface area contributed by atoms with Crippen LogP contribution in [0.15, 0.2) is 47.4 Å². The van der Waals surface area contributed by atoms with Gasteiger partial charge in [-0.3, -0.25) is 0 Å². The van der Waals surface area contributed by atoms with E-state index in [1.54, 1.807) is 6.07 Å². The van der Waals surface area contributed by atoms with E-state index in [1.807, 2.05) is 0 Å². The summed E-state index contributed by atoms with van der Waals surface area (Å²) in [7, 11) is -3.25. The van der Waals surface area contributed by atoms with Crippen LogP contribution in [0, 0.1) is 5.82 Å². The van der Waals surface area contributed by atoms with Crippen LogP contribution in [0.25, 0.3) is 0 Å². The Kier molecular flexibility index (Phi) is 4.06. The molecule has 0 unspecified atom stereocenters. The maximum Gasteiger partial charge on any atom is 0.175 e. The van der Waals surface area contributed by atoms with Crippen molar-refractivity contribution in [2.45, 2.75) is 11.4 Å². The maximum absolute atomic E-state index is 13.7. The van der Waals surface area contributed by atoms with E-state index < -0.39 is 15.7 Å². The number of nitrogens with two attached hydrogens (primary N) is 1. The van der Waals surface area contributed by atoms with Crippen molar-refractivity contribution in [3.63, 3.8) is 0 Å². The van der Waals surface area contributed by atoms with Crippen molar-refractivity contribution >= 4 is 9.84 Å². The minimum atomic E-state index is -3.25. The molecule has 2 aromatic carbocycles. The van der Waals surface area contributed by atoms with E-state index >= 15 is 0 Å². The summed E-state index contributed by atoms with van der Waals surface area (Å²) in [6, 6.07) is 10.2. The van der Waals surface area contributed by atoms with Crippen molar-refractivity contribution in [3.8, 4) is 11.5 Å². The van der Waals surface area contributed by atoms with Crippen molar-refractivity contribution in [2.24, 2.45) is 5.73 Å². The summed E-state index contributed by atoms with van der Waals surface area (Å²) in [5.41, 5.74) is 6.08. The molecule has 2 rings (SSSR count). The van der Waals surface area contributed by atoms with Crippen LogP contribution in [0.2, 0.25) is 0 Å². The molecule has 2 N–H and O–H groups in total. The second kappa shape index (κ2) is 5.60. The molecule has 2 aromatic rings. The molecule has 0 saturated heterocycles. The Labute approximate surface area is 116 Å². The number of hydrogen-bond acceptors (Lipinski definition) is 4. The molecule has 106 valence electrons. The summed E-state index contributed by atoms with van der Waals surface area (Å²) in [6.07, 6.45) is 1.12. The SMILES string of the molecule is CS(=O)(=O)c1ccc(Oc2ccc(CN)cc2F)cc1. The third-order valence-electron chi connectivity index (χ3n) is 2.71. The molecule has 4 nitrogen and oxygen atoms in total. The Hall–Kier alpha value is -1.92. The standard InChI is InChI=1S/C14H14FNO3S/c1-20(17,18)12-5-3-11(4-6-12)19-14-7-2-10(9-16)8-13(14)15/h2-8H,9,16H2,1H3. The van der Waals surface area contributed by atoms with E-state index in [9.17, 15) is 12.8 Å². The van der Waals surface area contributed by atoms with Crippen molar-refractivity contribution in [2.75, 3.05) is 6.26 Å². The van der Waals surface area contributed by atoms with E-state index in [0.29, 0.717) is 11.3 Å². The highest BCUT2D eigenvalue weighted by atomic mass is 32.2. The van der Waals surface area contributed by atoms with Gasteiger partial charge < -0.3 is 10.5 Å². The zero-order valence-corrected chi connectivity index (χ0v) is 11.7.